The summed E-state index contributed by atoms with van der Waals surface area (Å²) in [5, 5.41) is 0.702. The van der Waals surface area contributed by atoms with Gasteiger partial charge in [0.2, 0.25) is 0 Å². The molecule has 2 aromatic rings. The minimum absolute atomic E-state index is 0.0308. The lowest BCUT2D eigenvalue weighted by Crippen LogP contribution is -2.14. The fourth-order valence-electron chi connectivity index (χ4n) is 1.94. The fourth-order valence-corrected chi connectivity index (χ4v) is 2.37. The van der Waals surface area contributed by atoms with Gasteiger partial charge in [0.05, 0.1) is 5.02 Å². The molecule has 0 radical (unpaired) electrons. The summed E-state index contributed by atoms with van der Waals surface area (Å²) in [6, 6.07) is 14.2. The van der Waals surface area contributed by atoms with Crippen molar-refractivity contribution in [3.8, 4) is 0 Å². The van der Waals surface area contributed by atoms with Crippen molar-refractivity contribution < 1.29 is 0 Å². The summed E-state index contributed by atoms with van der Waals surface area (Å²) < 4.78 is 0.899. The van der Waals surface area contributed by atoms with E-state index in [1.165, 1.54) is 11.1 Å². The Hall–Kier alpha value is -0.830. The summed E-state index contributed by atoms with van der Waals surface area (Å²) in [5.41, 5.74) is 9.86. The number of aryl methyl sites for hydroxylation is 1. The molecule has 0 spiro atoms. The van der Waals surface area contributed by atoms with E-state index in [-0.39, 0.29) is 6.04 Å². The van der Waals surface area contributed by atoms with Crippen molar-refractivity contribution in [2.24, 2.45) is 5.73 Å². The Kier molecular flexibility index (Phi) is 4.44. The third-order valence-corrected chi connectivity index (χ3v) is 4.31. The molecule has 18 heavy (non-hydrogen) atoms. The first-order valence-electron chi connectivity index (χ1n) is 5.83. The lowest BCUT2D eigenvalue weighted by molar-refractivity contribution is 0.719. The van der Waals surface area contributed by atoms with Gasteiger partial charge in [-0.15, -0.1) is 0 Å². The topological polar surface area (TPSA) is 26.0 Å². The van der Waals surface area contributed by atoms with Crippen LogP contribution in [0.2, 0.25) is 5.02 Å². The molecule has 1 atom stereocenters. The number of rotatable bonds is 3. The Balaban J connectivity index is 2.19. The normalized spacial score (nSPS) is 12.4. The first kappa shape index (κ1) is 13.6. The predicted octanol–water partition coefficient (Wildman–Crippen LogP) is 4.65. The number of nitrogens with two attached hydrogens (primary N) is 1. The van der Waals surface area contributed by atoms with E-state index in [1.54, 1.807) is 0 Å². The molecule has 1 nitrogen and oxygen atoms in total. The highest BCUT2D eigenvalue weighted by molar-refractivity contribution is 9.10. The van der Waals surface area contributed by atoms with Crippen LogP contribution in [0.5, 0.6) is 0 Å². The van der Waals surface area contributed by atoms with Crippen molar-refractivity contribution >= 4 is 27.5 Å². The zero-order valence-corrected chi connectivity index (χ0v) is 12.5. The summed E-state index contributed by atoms with van der Waals surface area (Å²) in [6.45, 7) is 2.11. The number of hydrogen-bond donors (Lipinski definition) is 1. The van der Waals surface area contributed by atoms with E-state index in [9.17, 15) is 0 Å². The van der Waals surface area contributed by atoms with Crippen LogP contribution in [0.1, 0.15) is 22.7 Å². The molecule has 0 aliphatic heterocycles. The van der Waals surface area contributed by atoms with Crippen molar-refractivity contribution in [2.45, 2.75) is 19.4 Å². The second-order valence-electron chi connectivity index (χ2n) is 4.41. The molecule has 2 rings (SSSR count). The van der Waals surface area contributed by atoms with Gasteiger partial charge in [0, 0.05) is 10.5 Å². The van der Waals surface area contributed by atoms with Crippen molar-refractivity contribution in [1.82, 2.24) is 0 Å². The standard InChI is InChI=1S/C15H15BrClN/c1-10-4-2-3-5-11(10)9-15(18)12-6-7-13(16)14(17)8-12/h2-8,15H,9,18H2,1H3. The second-order valence-corrected chi connectivity index (χ2v) is 5.67. The average Bonchev–Trinajstić information content (AvgIpc) is 2.35. The molecule has 2 aromatic carbocycles. The molecular formula is C15H15BrClN. The molecule has 94 valence electrons. The maximum absolute atomic E-state index is 6.24. The smallest absolute Gasteiger partial charge is 0.0551 e. The Morgan fingerprint density at radius 1 is 1.22 bits per heavy atom. The Bertz CT molecular complexity index is 554. The van der Waals surface area contributed by atoms with Gasteiger partial charge < -0.3 is 5.73 Å². The van der Waals surface area contributed by atoms with Crippen molar-refractivity contribution in [2.75, 3.05) is 0 Å². The van der Waals surface area contributed by atoms with E-state index in [1.807, 2.05) is 30.3 Å². The minimum atomic E-state index is -0.0308. The summed E-state index contributed by atoms with van der Waals surface area (Å²) >= 11 is 9.47. The van der Waals surface area contributed by atoms with Crippen LogP contribution in [-0.2, 0) is 6.42 Å². The zero-order chi connectivity index (χ0) is 13.1. The van der Waals surface area contributed by atoms with Crippen molar-refractivity contribution in [1.29, 1.82) is 0 Å². The van der Waals surface area contributed by atoms with Gasteiger partial charge in [0.15, 0.2) is 0 Å². The van der Waals surface area contributed by atoms with Gasteiger partial charge in [0.25, 0.3) is 0 Å². The van der Waals surface area contributed by atoms with Gasteiger partial charge in [-0.25, -0.2) is 0 Å². The first-order chi connectivity index (χ1) is 8.58. The first-order valence-corrected chi connectivity index (χ1v) is 7.00. The maximum atomic E-state index is 6.24. The molecule has 0 aromatic heterocycles. The molecular weight excluding hydrogens is 310 g/mol. The SMILES string of the molecule is Cc1ccccc1CC(N)c1ccc(Br)c(Cl)c1. The number of benzene rings is 2. The molecule has 1 unspecified atom stereocenters. The van der Waals surface area contributed by atoms with Crippen LogP contribution < -0.4 is 5.73 Å². The number of hydrogen-bond acceptors (Lipinski definition) is 1. The Morgan fingerprint density at radius 2 is 1.94 bits per heavy atom. The molecule has 0 saturated heterocycles. The molecule has 0 aliphatic carbocycles. The lowest BCUT2D eigenvalue weighted by atomic mass is 9.97. The van der Waals surface area contributed by atoms with Gasteiger partial charge in [-0.05, 0) is 58.1 Å². The van der Waals surface area contributed by atoms with Crippen LogP contribution in [0.25, 0.3) is 0 Å². The molecule has 2 N–H and O–H groups in total. The summed E-state index contributed by atoms with van der Waals surface area (Å²) in [5.74, 6) is 0. The van der Waals surface area contributed by atoms with E-state index >= 15 is 0 Å². The van der Waals surface area contributed by atoms with Gasteiger partial charge in [0.1, 0.15) is 0 Å². The van der Waals surface area contributed by atoms with E-state index in [0.29, 0.717) is 5.02 Å². The summed E-state index contributed by atoms with van der Waals surface area (Å²) in [7, 11) is 0. The Morgan fingerprint density at radius 3 is 2.61 bits per heavy atom. The van der Waals surface area contributed by atoms with Gasteiger partial charge in [-0.1, -0.05) is 41.9 Å². The highest BCUT2D eigenvalue weighted by Gasteiger charge is 2.10. The molecule has 0 heterocycles. The number of halogens is 2. The largest absolute Gasteiger partial charge is 0.324 e. The minimum Gasteiger partial charge on any atom is -0.324 e. The molecule has 0 fully saturated rings. The van der Waals surface area contributed by atoms with Gasteiger partial charge in [-0.2, -0.15) is 0 Å². The van der Waals surface area contributed by atoms with Gasteiger partial charge in [-0.3, -0.25) is 0 Å². The Labute approximate surface area is 121 Å². The van der Waals surface area contributed by atoms with Crippen LogP contribution in [0.4, 0.5) is 0 Å². The van der Waals surface area contributed by atoms with Gasteiger partial charge >= 0.3 is 0 Å². The third-order valence-electron chi connectivity index (χ3n) is 3.07. The fraction of sp³-hybridized carbons (Fsp3) is 0.200. The van der Waals surface area contributed by atoms with Crippen molar-refractivity contribution in [3.63, 3.8) is 0 Å². The molecule has 0 bridgehead atoms. The second kappa shape index (κ2) is 5.87. The van der Waals surface area contributed by atoms with Crippen molar-refractivity contribution in [3.05, 3.63) is 68.7 Å². The van der Waals surface area contributed by atoms with Crippen LogP contribution in [0.3, 0.4) is 0 Å². The van der Waals surface area contributed by atoms with Crippen LogP contribution in [-0.4, -0.2) is 0 Å². The average molecular weight is 325 g/mol. The van der Waals surface area contributed by atoms with E-state index in [4.69, 9.17) is 17.3 Å². The zero-order valence-electron chi connectivity index (χ0n) is 10.2. The van der Waals surface area contributed by atoms with E-state index < -0.39 is 0 Å². The van der Waals surface area contributed by atoms with Crippen LogP contribution >= 0.6 is 27.5 Å². The molecule has 0 aliphatic rings. The van der Waals surface area contributed by atoms with E-state index in [2.05, 4.69) is 35.0 Å². The molecule has 3 heteroatoms. The maximum Gasteiger partial charge on any atom is 0.0551 e. The molecule has 0 saturated carbocycles. The summed E-state index contributed by atoms with van der Waals surface area (Å²) in [4.78, 5) is 0. The summed E-state index contributed by atoms with van der Waals surface area (Å²) in [6.07, 6.45) is 0.824. The monoisotopic (exact) mass is 323 g/mol. The quantitative estimate of drug-likeness (QED) is 0.873. The van der Waals surface area contributed by atoms with E-state index in [0.717, 1.165) is 16.5 Å². The highest BCUT2D eigenvalue weighted by Crippen LogP contribution is 2.27. The molecule has 0 amide bonds. The van der Waals surface area contributed by atoms with Crippen LogP contribution in [0.15, 0.2) is 46.9 Å². The predicted molar refractivity (Wildman–Crippen MR) is 81.0 cm³/mol. The third kappa shape index (κ3) is 3.14. The lowest BCUT2D eigenvalue weighted by Gasteiger charge is -2.14. The highest BCUT2D eigenvalue weighted by atomic mass is 79.9. The van der Waals surface area contributed by atoms with Crippen LogP contribution in [0, 0.1) is 6.92 Å².